The van der Waals surface area contributed by atoms with Gasteiger partial charge in [0, 0.05) is 43.8 Å². The SMILES string of the molecule is CC1COc2ccc(NCC3(CCl)CCOCC3)cc2N(C)C1=O. The van der Waals surface area contributed by atoms with E-state index in [2.05, 4.69) is 5.32 Å². The Morgan fingerprint density at radius 3 is 2.83 bits per heavy atom. The fourth-order valence-corrected chi connectivity index (χ4v) is 3.56. The fourth-order valence-electron chi connectivity index (χ4n) is 3.20. The average molecular weight is 353 g/mol. The van der Waals surface area contributed by atoms with Crippen molar-refractivity contribution in [1.29, 1.82) is 0 Å². The summed E-state index contributed by atoms with van der Waals surface area (Å²) in [5, 5.41) is 3.49. The summed E-state index contributed by atoms with van der Waals surface area (Å²) >= 11 is 6.23. The molecule has 2 aliphatic rings. The van der Waals surface area contributed by atoms with Crippen molar-refractivity contribution in [2.45, 2.75) is 19.8 Å². The van der Waals surface area contributed by atoms with Crippen LogP contribution in [0.3, 0.4) is 0 Å². The number of rotatable bonds is 4. The van der Waals surface area contributed by atoms with Crippen LogP contribution in [0.15, 0.2) is 18.2 Å². The van der Waals surface area contributed by atoms with Crippen LogP contribution in [0.4, 0.5) is 11.4 Å². The van der Waals surface area contributed by atoms with Gasteiger partial charge in [0.05, 0.1) is 18.2 Å². The van der Waals surface area contributed by atoms with Crippen LogP contribution in [0.5, 0.6) is 5.75 Å². The van der Waals surface area contributed by atoms with Gasteiger partial charge in [-0.2, -0.15) is 0 Å². The van der Waals surface area contributed by atoms with Gasteiger partial charge in [-0.1, -0.05) is 6.92 Å². The van der Waals surface area contributed by atoms with Gasteiger partial charge in [0.25, 0.3) is 0 Å². The molecule has 1 fully saturated rings. The molecule has 1 unspecified atom stereocenters. The first kappa shape index (κ1) is 17.4. The molecule has 1 saturated heterocycles. The van der Waals surface area contributed by atoms with E-state index in [0.29, 0.717) is 12.5 Å². The van der Waals surface area contributed by atoms with Crippen molar-refractivity contribution in [3.63, 3.8) is 0 Å². The van der Waals surface area contributed by atoms with Crippen LogP contribution in [0.1, 0.15) is 19.8 Å². The first-order chi connectivity index (χ1) is 11.5. The number of carbonyl (C=O) groups excluding carboxylic acids is 1. The average Bonchev–Trinajstić information content (AvgIpc) is 2.73. The van der Waals surface area contributed by atoms with Crippen molar-refractivity contribution in [3.05, 3.63) is 18.2 Å². The maximum absolute atomic E-state index is 12.3. The maximum atomic E-state index is 12.3. The minimum Gasteiger partial charge on any atom is -0.491 e. The van der Waals surface area contributed by atoms with E-state index < -0.39 is 0 Å². The second-order valence-electron chi connectivity index (χ2n) is 6.89. The molecule has 5 nitrogen and oxygen atoms in total. The van der Waals surface area contributed by atoms with E-state index in [1.165, 1.54) is 0 Å². The Balaban J connectivity index is 1.75. The highest BCUT2D eigenvalue weighted by Gasteiger charge is 2.32. The Kier molecular flexibility index (Phi) is 5.21. The highest BCUT2D eigenvalue weighted by atomic mass is 35.5. The minimum absolute atomic E-state index is 0.0688. The molecular formula is C18H25ClN2O3. The molecule has 0 radical (unpaired) electrons. The standard InChI is InChI=1S/C18H25ClN2O3/c1-13-10-24-16-4-3-14(9-15(16)21(2)17(13)22)20-12-18(11-19)5-7-23-8-6-18/h3-4,9,13,20H,5-8,10-12H2,1-2H3. The number of nitrogens with one attached hydrogen (secondary N) is 1. The number of ether oxygens (including phenoxy) is 2. The number of amides is 1. The molecule has 1 atom stereocenters. The zero-order chi connectivity index (χ0) is 17.2. The van der Waals surface area contributed by atoms with Crippen LogP contribution in [0.25, 0.3) is 0 Å². The summed E-state index contributed by atoms with van der Waals surface area (Å²) in [7, 11) is 1.80. The van der Waals surface area contributed by atoms with Gasteiger partial charge in [0.2, 0.25) is 5.91 Å². The normalized spacial score (nSPS) is 23.2. The topological polar surface area (TPSA) is 50.8 Å². The van der Waals surface area contributed by atoms with Crippen LogP contribution in [-0.2, 0) is 9.53 Å². The van der Waals surface area contributed by atoms with E-state index in [0.717, 1.165) is 49.7 Å². The summed E-state index contributed by atoms with van der Waals surface area (Å²) in [5.41, 5.74) is 1.85. The fraction of sp³-hybridized carbons (Fsp3) is 0.611. The van der Waals surface area contributed by atoms with Crippen molar-refractivity contribution < 1.29 is 14.3 Å². The molecule has 2 aliphatic heterocycles. The lowest BCUT2D eigenvalue weighted by molar-refractivity contribution is -0.122. The Bertz CT molecular complexity index is 602. The third-order valence-electron chi connectivity index (χ3n) is 5.07. The summed E-state index contributed by atoms with van der Waals surface area (Å²) in [4.78, 5) is 14.0. The monoisotopic (exact) mass is 352 g/mol. The van der Waals surface area contributed by atoms with Crippen molar-refractivity contribution in [1.82, 2.24) is 0 Å². The van der Waals surface area contributed by atoms with Crippen molar-refractivity contribution in [2.75, 3.05) is 49.5 Å². The minimum atomic E-state index is -0.138. The second kappa shape index (κ2) is 7.19. The van der Waals surface area contributed by atoms with E-state index in [4.69, 9.17) is 21.1 Å². The number of alkyl halides is 1. The smallest absolute Gasteiger partial charge is 0.233 e. The number of nitrogens with zero attached hydrogens (tertiary/aromatic N) is 1. The third kappa shape index (κ3) is 3.47. The van der Waals surface area contributed by atoms with E-state index in [1.807, 2.05) is 25.1 Å². The van der Waals surface area contributed by atoms with Crippen LogP contribution in [0.2, 0.25) is 0 Å². The lowest BCUT2D eigenvalue weighted by Crippen LogP contribution is -2.37. The van der Waals surface area contributed by atoms with Crippen LogP contribution >= 0.6 is 11.6 Å². The Labute approximate surface area is 148 Å². The summed E-state index contributed by atoms with van der Waals surface area (Å²) in [6.07, 6.45) is 1.93. The molecule has 3 rings (SSSR count). The molecule has 1 amide bonds. The number of halogens is 1. The maximum Gasteiger partial charge on any atom is 0.233 e. The zero-order valence-electron chi connectivity index (χ0n) is 14.3. The van der Waals surface area contributed by atoms with Gasteiger partial charge in [-0.15, -0.1) is 11.6 Å². The molecule has 0 aliphatic carbocycles. The van der Waals surface area contributed by atoms with Gasteiger partial charge in [-0.25, -0.2) is 0 Å². The Morgan fingerprint density at radius 1 is 1.38 bits per heavy atom. The number of hydrogen-bond acceptors (Lipinski definition) is 4. The molecule has 0 aromatic heterocycles. The Morgan fingerprint density at radius 2 is 2.12 bits per heavy atom. The molecule has 0 saturated carbocycles. The summed E-state index contributed by atoms with van der Waals surface area (Å²) in [5.74, 6) is 1.31. The number of carbonyl (C=O) groups is 1. The lowest BCUT2D eigenvalue weighted by atomic mass is 9.82. The molecule has 0 spiro atoms. The highest BCUT2D eigenvalue weighted by molar-refractivity contribution is 6.18. The van der Waals surface area contributed by atoms with Gasteiger partial charge in [0.1, 0.15) is 5.75 Å². The molecule has 24 heavy (non-hydrogen) atoms. The summed E-state index contributed by atoms with van der Waals surface area (Å²) in [6.45, 7) is 4.63. The van der Waals surface area contributed by atoms with Gasteiger partial charge in [-0.05, 0) is 31.0 Å². The van der Waals surface area contributed by atoms with E-state index in [1.54, 1.807) is 11.9 Å². The van der Waals surface area contributed by atoms with Gasteiger partial charge in [0.15, 0.2) is 0 Å². The molecule has 132 valence electrons. The van der Waals surface area contributed by atoms with Gasteiger partial charge in [-0.3, -0.25) is 4.79 Å². The van der Waals surface area contributed by atoms with Crippen molar-refractivity contribution in [3.8, 4) is 5.75 Å². The van der Waals surface area contributed by atoms with Crippen molar-refractivity contribution >= 4 is 28.9 Å². The van der Waals surface area contributed by atoms with E-state index in [9.17, 15) is 4.79 Å². The zero-order valence-corrected chi connectivity index (χ0v) is 15.1. The van der Waals surface area contributed by atoms with Crippen LogP contribution in [-0.4, -0.2) is 45.2 Å². The van der Waals surface area contributed by atoms with E-state index in [-0.39, 0.29) is 17.2 Å². The number of hydrogen-bond donors (Lipinski definition) is 1. The predicted molar refractivity (Wildman–Crippen MR) is 96.2 cm³/mol. The molecule has 1 aromatic rings. The number of benzene rings is 1. The molecule has 1 N–H and O–H groups in total. The largest absolute Gasteiger partial charge is 0.491 e. The Hall–Kier alpha value is -1.46. The highest BCUT2D eigenvalue weighted by Crippen LogP contribution is 2.36. The quantitative estimate of drug-likeness (QED) is 0.846. The first-order valence-electron chi connectivity index (χ1n) is 8.47. The predicted octanol–water partition coefficient (Wildman–Crippen LogP) is 3.13. The van der Waals surface area contributed by atoms with Crippen LogP contribution in [0, 0.1) is 11.3 Å². The molecule has 1 aromatic carbocycles. The summed E-state index contributed by atoms with van der Waals surface area (Å²) in [6, 6.07) is 5.90. The van der Waals surface area contributed by atoms with Crippen LogP contribution < -0.4 is 15.0 Å². The molecular weight excluding hydrogens is 328 g/mol. The third-order valence-corrected chi connectivity index (χ3v) is 5.63. The number of fused-ring (bicyclic) bond motifs is 1. The second-order valence-corrected chi connectivity index (χ2v) is 7.16. The number of anilines is 2. The van der Waals surface area contributed by atoms with Gasteiger partial charge < -0.3 is 19.7 Å². The van der Waals surface area contributed by atoms with E-state index >= 15 is 0 Å². The lowest BCUT2D eigenvalue weighted by Gasteiger charge is -2.36. The van der Waals surface area contributed by atoms with Gasteiger partial charge >= 0.3 is 0 Å². The molecule has 6 heteroatoms. The molecule has 2 heterocycles. The van der Waals surface area contributed by atoms with Crippen molar-refractivity contribution in [2.24, 2.45) is 11.3 Å². The molecule has 0 bridgehead atoms. The first-order valence-corrected chi connectivity index (χ1v) is 9.00. The summed E-state index contributed by atoms with van der Waals surface area (Å²) < 4.78 is 11.2.